The van der Waals surface area contributed by atoms with Gasteiger partial charge in [-0.3, -0.25) is 72.1 Å². The zero-order valence-electron chi connectivity index (χ0n) is 59.7. The highest BCUT2D eigenvalue weighted by molar-refractivity contribution is 8.00. The molecule has 2 aliphatic heterocycles. The predicted molar refractivity (Wildman–Crippen MR) is 375 cm³/mol. The Morgan fingerprint density at radius 3 is 2.15 bits per heavy atom. The Labute approximate surface area is 594 Å². The van der Waals surface area contributed by atoms with Crippen LogP contribution >= 0.6 is 23.1 Å². The number of benzene rings is 1. The minimum Gasteiger partial charge on any atom is -0.481 e. The molecule has 30 heteroatoms. The van der Waals surface area contributed by atoms with Crippen LogP contribution in [0.3, 0.4) is 0 Å². The van der Waals surface area contributed by atoms with Gasteiger partial charge in [0, 0.05) is 82.7 Å². The zero-order valence-corrected chi connectivity index (χ0v) is 61.3. The van der Waals surface area contributed by atoms with Crippen LogP contribution in [0.4, 0.5) is 4.79 Å². The molecule has 2 aromatic rings. The van der Waals surface area contributed by atoms with E-state index in [0.717, 1.165) is 46.7 Å². The molecular formula is C70H106N10O18S2. The van der Waals surface area contributed by atoms with E-state index in [1.165, 1.54) is 24.1 Å². The van der Waals surface area contributed by atoms with Crippen molar-refractivity contribution in [1.29, 1.82) is 0 Å². The number of thioether (sulfide) groups is 1. The molecule has 0 saturated carbocycles. The first-order valence-electron chi connectivity index (χ1n) is 34.8. The molecule has 2 fully saturated rings. The van der Waals surface area contributed by atoms with Crippen LogP contribution in [0.15, 0.2) is 29.6 Å². The smallest absolute Gasteiger partial charge is 0.408 e. The summed E-state index contributed by atoms with van der Waals surface area (Å²) in [5.74, 6) is -8.29. The van der Waals surface area contributed by atoms with Gasteiger partial charge in [0.05, 0.1) is 23.8 Å². The lowest BCUT2D eigenvalue weighted by atomic mass is 9.92. The minimum atomic E-state index is -1.22. The molecule has 9 amide bonds. The van der Waals surface area contributed by atoms with E-state index >= 15 is 0 Å². The second-order valence-electron chi connectivity index (χ2n) is 26.6. The highest BCUT2D eigenvalue weighted by atomic mass is 32.2. The maximum atomic E-state index is 14.7. The molecule has 2 aliphatic rings. The van der Waals surface area contributed by atoms with Crippen LogP contribution in [0, 0.1) is 24.7 Å². The Kier molecular flexibility index (Phi) is 37.1. The lowest BCUT2D eigenvalue weighted by Crippen LogP contribution is -2.58. The van der Waals surface area contributed by atoms with Crippen molar-refractivity contribution in [3.63, 3.8) is 0 Å². The topological polar surface area (TPSA) is 393 Å². The molecule has 100 heavy (non-hydrogen) atoms. The first kappa shape index (κ1) is 84.7. The van der Waals surface area contributed by atoms with E-state index in [0.29, 0.717) is 38.5 Å². The number of carboxylic acid groups (broad SMARTS) is 2. The molecule has 0 radical (unpaired) electrons. The van der Waals surface area contributed by atoms with Crippen LogP contribution in [0.5, 0.6) is 0 Å². The van der Waals surface area contributed by atoms with Crippen LogP contribution < -0.4 is 31.9 Å². The zero-order chi connectivity index (χ0) is 74.2. The van der Waals surface area contributed by atoms with E-state index in [9.17, 15) is 72.2 Å². The van der Waals surface area contributed by atoms with E-state index in [1.54, 1.807) is 25.1 Å². The largest absolute Gasteiger partial charge is 0.481 e. The van der Waals surface area contributed by atoms with Crippen molar-refractivity contribution in [2.75, 3.05) is 59.7 Å². The number of likely N-dealkylation sites (N-methyl/N-ethyl adjacent to an activating group) is 2. The van der Waals surface area contributed by atoms with Crippen LogP contribution in [-0.4, -0.2) is 214 Å². The SMILES string of the molecule is CCC(C)[C@H](NC(=O)C1CCCCN1C)C(=O)N(C)[C@H](C[C@@H](OC(=O)NCC(=O)CCCNC(=O)C(CCCCCC(=O)COCCCC(=O)CC(=O)O)NC(=O)C(C)NC(=O)CCCN1C(=O)CC(SC)C1=O)c1nc(C(=O)N[C@@H](Cc2ccc(C)cc2)CC(C)C(=O)O)cs1)C(C)C. The first-order valence-corrected chi connectivity index (χ1v) is 36.9. The van der Waals surface area contributed by atoms with Crippen molar-refractivity contribution in [3.8, 4) is 0 Å². The summed E-state index contributed by atoms with van der Waals surface area (Å²) in [5.41, 5.74) is 1.88. The van der Waals surface area contributed by atoms with Crippen molar-refractivity contribution in [2.24, 2.45) is 17.8 Å². The van der Waals surface area contributed by atoms with E-state index in [-0.39, 0.29) is 149 Å². The number of piperidine rings is 1. The predicted octanol–water partition coefficient (Wildman–Crippen LogP) is 5.64. The number of imide groups is 1. The van der Waals surface area contributed by atoms with Gasteiger partial charge in [0.2, 0.25) is 41.4 Å². The van der Waals surface area contributed by atoms with E-state index < -0.39 is 120 Å². The second kappa shape index (κ2) is 43.8. The van der Waals surface area contributed by atoms with Crippen LogP contribution in [0.1, 0.15) is 196 Å². The molecule has 4 rings (SSSR count). The van der Waals surface area contributed by atoms with Gasteiger partial charge in [-0.05, 0) is 109 Å². The van der Waals surface area contributed by atoms with Gasteiger partial charge in [-0.2, -0.15) is 11.8 Å². The molecule has 2 saturated heterocycles. The third kappa shape index (κ3) is 29.5. The number of aliphatic carboxylic acids is 2. The molecule has 556 valence electrons. The fourth-order valence-electron chi connectivity index (χ4n) is 11.7. The number of thiazole rings is 1. The summed E-state index contributed by atoms with van der Waals surface area (Å²) in [7, 11) is 3.52. The third-order valence-corrected chi connectivity index (χ3v) is 19.9. The number of ketones is 3. The number of ether oxygens (including phenoxy) is 2. The van der Waals surface area contributed by atoms with Gasteiger partial charge in [-0.25, -0.2) is 9.78 Å². The van der Waals surface area contributed by atoms with Crippen LogP contribution in [0.25, 0.3) is 0 Å². The van der Waals surface area contributed by atoms with Crippen molar-refractivity contribution < 1.29 is 86.8 Å². The van der Waals surface area contributed by atoms with Crippen molar-refractivity contribution in [3.05, 3.63) is 51.5 Å². The molecule has 0 spiro atoms. The second-order valence-corrected chi connectivity index (χ2v) is 28.5. The van der Waals surface area contributed by atoms with E-state index in [1.807, 2.05) is 70.8 Å². The molecule has 8 N–H and O–H groups in total. The number of rotatable bonds is 47. The number of nitrogens with one attached hydrogen (secondary N) is 6. The normalized spacial score (nSPS) is 17.1. The van der Waals surface area contributed by atoms with Gasteiger partial charge in [0.25, 0.3) is 5.91 Å². The summed E-state index contributed by atoms with van der Waals surface area (Å²) >= 11 is 2.30. The number of hydrogen-bond acceptors (Lipinski definition) is 20. The van der Waals surface area contributed by atoms with Crippen LogP contribution in [0.2, 0.25) is 0 Å². The standard InChI is InChI=1S/C70H106N10O18S2/c1-11-44(5)61(77-65(91)54-24-15-16-31-78(54)8)68(93)79(9)55(42(2)3)37-56(66-76-53(41-100-66)64(90)74-48(34-45(6)69(94)95)35-47-28-26-43(4)27-29-47)98-70(96)72-39-50(82)21-17-30-71-63(89)52(23-14-12-13-20-51(83)40-97-33-19-22-49(81)36-60(86)87)75-62(88)46(7)73-58(84)25-18-32-80-59(85)38-57(99-10)67(80)92/h26-29,41-42,44-46,48,52,54-57,61H,11-25,30-40H2,1-10H3,(H,71,89)(H,72,96)(H,73,84)(H,74,90)(H,75,88)(H,77,91)(H,86,87)(H,94,95)/t44?,45?,46?,48-,52?,54?,55-,56-,57?,61+/m1/s1. The minimum absolute atomic E-state index is 0.00769. The fourth-order valence-corrected chi connectivity index (χ4v) is 13.2. The lowest BCUT2D eigenvalue weighted by Gasteiger charge is -2.38. The number of aryl methyl sites for hydroxylation is 1. The third-order valence-electron chi connectivity index (χ3n) is 18.0. The highest BCUT2D eigenvalue weighted by Crippen LogP contribution is 2.32. The van der Waals surface area contributed by atoms with Gasteiger partial charge in [-0.15, -0.1) is 11.3 Å². The number of nitrogens with zero attached hydrogens (tertiary/aromatic N) is 4. The number of aromatic nitrogens is 1. The molecule has 28 nitrogen and oxygen atoms in total. The molecule has 1 aromatic heterocycles. The summed E-state index contributed by atoms with van der Waals surface area (Å²) in [6.45, 7) is 12.7. The summed E-state index contributed by atoms with van der Waals surface area (Å²) in [5, 5.41) is 36.4. The monoisotopic (exact) mass is 1440 g/mol. The molecule has 10 atom stereocenters. The number of hydrogen-bond donors (Lipinski definition) is 8. The summed E-state index contributed by atoms with van der Waals surface area (Å²) < 4.78 is 11.4. The molecule has 0 aliphatic carbocycles. The fraction of sp³-hybridized carbons (Fsp3) is 0.671. The number of carboxylic acids is 2. The number of carbonyl (C=O) groups excluding carboxylic acids is 12. The molecule has 1 aromatic carbocycles. The number of alkyl carbamates (subject to hydrolysis) is 1. The average Bonchev–Trinajstić information content (AvgIpc) is 1.51. The maximum absolute atomic E-state index is 14.7. The lowest BCUT2D eigenvalue weighted by molar-refractivity contribution is -0.142. The number of likely N-dealkylation sites (tertiary alicyclic amines) is 2. The Morgan fingerprint density at radius 1 is 0.800 bits per heavy atom. The molecular weight excluding hydrogens is 1330 g/mol. The number of Topliss-reactive ketones (excluding diaryl/α,β-unsaturated/α-hetero) is 3. The number of unbranched alkanes of at least 4 members (excludes halogenated alkanes) is 2. The van der Waals surface area contributed by atoms with Crippen molar-refractivity contribution in [2.45, 2.75) is 224 Å². The first-order chi connectivity index (χ1) is 47.4. The highest BCUT2D eigenvalue weighted by Gasteiger charge is 2.40. The van der Waals surface area contributed by atoms with Gasteiger partial charge < -0.3 is 56.5 Å². The average molecular weight is 1440 g/mol. The van der Waals surface area contributed by atoms with Gasteiger partial charge >= 0.3 is 18.0 Å². The Balaban J connectivity index is 1.44. The maximum Gasteiger partial charge on any atom is 0.408 e. The summed E-state index contributed by atoms with van der Waals surface area (Å²) in [6, 6.07) is 2.90. The Hall–Kier alpha value is -7.70. The van der Waals surface area contributed by atoms with E-state index in [4.69, 9.17) is 14.6 Å². The Bertz CT molecular complexity index is 3110. The molecule has 6 unspecified atom stereocenters. The molecule has 0 bridgehead atoms. The van der Waals surface area contributed by atoms with Gasteiger partial charge in [0.15, 0.2) is 17.7 Å². The quantitative estimate of drug-likeness (QED) is 0.0225. The summed E-state index contributed by atoms with van der Waals surface area (Å²) in [6.07, 6.45) is 4.33. The Morgan fingerprint density at radius 2 is 1.50 bits per heavy atom. The summed E-state index contributed by atoms with van der Waals surface area (Å²) in [4.78, 5) is 191. The van der Waals surface area contributed by atoms with E-state index in [2.05, 4.69) is 36.9 Å². The van der Waals surface area contributed by atoms with Gasteiger partial charge in [-0.1, -0.05) is 90.1 Å². The van der Waals surface area contributed by atoms with Crippen molar-refractivity contribution in [1.82, 2.24) is 51.6 Å². The number of carbonyl (C=O) groups is 14. The van der Waals surface area contributed by atoms with Gasteiger partial charge in [0.1, 0.15) is 47.6 Å². The van der Waals surface area contributed by atoms with Crippen LogP contribution in [-0.2, 0) is 73.4 Å². The number of amides is 9. The molecule has 3 heterocycles. The van der Waals surface area contributed by atoms with Crippen molar-refractivity contribution >= 4 is 106 Å².